The van der Waals surface area contributed by atoms with Gasteiger partial charge in [0.15, 0.2) is 0 Å². The van der Waals surface area contributed by atoms with Crippen LogP contribution in [0.5, 0.6) is 0 Å². The number of ether oxygens (including phenoxy) is 2. The number of hydrogen-bond donors (Lipinski definition) is 0. The monoisotopic (exact) mass is 789 g/mol. The van der Waals surface area contributed by atoms with Crippen molar-refractivity contribution in [2.24, 2.45) is 5.41 Å². The van der Waals surface area contributed by atoms with E-state index < -0.39 is 0 Å². The van der Waals surface area contributed by atoms with Crippen molar-refractivity contribution in [1.82, 2.24) is 0 Å². The van der Waals surface area contributed by atoms with E-state index in [1.807, 2.05) is 0 Å². The van der Waals surface area contributed by atoms with Gasteiger partial charge in [0.05, 0.1) is 13.2 Å². The minimum atomic E-state index is -0.102. The smallest absolute Gasteiger partial charge is 0.305 e. The molecule has 0 atom stereocenters. The molecule has 0 saturated heterocycles. The zero-order valence-corrected chi connectivity index (χ0v) is 38.0. The largest absolute Gasteiger partial charge is 0.466 e. The standard InChI is InChI=1S/C53H88O4/c1-5-7-9-11-13-15-17-19-21-23-25-27-29-31-33-35-37-39-41-43-45-51(54)56-49-47-53(3,4)48-50-57-52(55)46-44-42-40-38-36-34-32-30-28-26-24-22-20-18-16-14-12-10-8-6-2/h5-22,31-50H2,1-4H3. The normalized spacial score (nSPS) is 10.6. The highest BCUT2D eigenvalue weighted by Gasteiger charge is 2.19. The lowest BCUT2D eigenvalue weighted by Crippen LogP contribution is -2.19. The average molecular weight is 789 g/mol. The molecule has 0 aromatic rings. The molecule has 0 unspecified atom stereocenters. The summed E-state index contributed by atoms with van der Waals surface area (Å²) in [5, 5.41) is 0. The highest BCUT2D eigenvalue weighted by molar-refractivity contribution is 5.69. The van der Waals surface area contributed by atoms with Gasteiger partial charge in [-0.25, -0.2) is 0 Å². The van der Waals surface area contributed by atoms with Crippen molar-refractivity contribution in [3.8, 4) is 47.4 Å². The number of esters is 2. The van der Waals surface area contributed by atoms with Crippen molar-refractivity contribution >= 4 is 11.9 Å². The Labute approximate surface area is 354 Å². The van der Waals surface area contributed by atoms with Crippen LogP contribution in [0.2, 0.25) is 0 Å². The fraction of sp³-hybridized carbons (Fsp3) is 0.811. The second-order valence-corrected chi connectivity index (χ2v) is 17.0. The molecule has 0 bridgehead atoms. The Morgan fingerprint density at radius 2 is 0.614 bits per heavy atom. The van der Waals surface area contributed by atoms with Crippen molar-refractivity contribution in [2.75, 3.05) is 13.2 Å². The maximum absolute atomic E-state index is 12.2. The summed E-state index contributed by atoms with van der Waals surface area (Å²) in [5.41, 5.74) is -0.0473. The minimum absolute atomic E-state index is 0.0473. The molecule has 57 heavy (non-hydrogen) atoms. The lowest BCUT2D eigenvalue weighted by atomic mass is 9.86. The average Bonchev–Trinajstić information content (AvgIpc) is 3.19. The first-order valence-corrected chi connectivity index (χ1v) is 24.1. The summed E-state index contributed by atoms with van der Waals surface area (Å²) >= 11 is 0. The predicted molar refractivity (Wildman–Crippen MR) is 244 cm³/mol. The van der Waals surface area contributed by atoms with Gasteiger partial charge in [-0.15, -0.1) is 0 Å². The van der Waals surface area contributed by atoms with Crippen LogP contribution in [0, 0.1) is 52.8 Å². The molecule has 324 valence electrons. The number of unbranched alkanes of at least 4 members (excludes halogenated alkanes) is 28. The summed E-state index contributed by atoms with van der Waals surface area (Å²) in [6.07, 6.45) is 40.9. The molecule has 0 rings (SSSR count). The van der Waals surface area contributed by atoms with Gasteiger partial charge >= 0.3 is 11.9 Å². The Bertz CT molecular complexity index is 1090. The van der Waals surface area contributed by atoms with Crippen molar-refractivity contribution < 1.29 is 19.1 Å². The summed E-state index contributed by atoms with van der Waals surface area (Å²) in [4.78, 5) is 24.4. The van der Waals surface area contributed by atoms with Crippen LogP contribution in [-0.2, 0) is 19.1 Å². The fourth-order valence-electron chi connectivity index (χ4n) is 6.65. The van der Waals surface area contributed by atoms with Gasteiger partial charge in [0.1, 0.15) is 0 Å². The zero-order chi connectivity index (χ0) is 41.6. The molecule has 0 N–H and O–H groups in total. The van der Waals surface area contributed by atoms with Crippen LogP contribution >= 0.6 is 0 Å². The zero-order valence-electron chi connectivity index (χ0n) is 38.0. The maximum atomic E-state index is 12.2. The molecule has 0 aliphatic rings. The quantitative estimate of drug-likeness (QED) is 0.0355. The van der Waals surface area contributed by atoms with E-state index in [9.17, 15) is 9.59 Å². The van der Waals surface area contributed by atoms with E-state index in [2.05, 4.69) is 75.1 Å². The van der Waals surface area contributed by atoms with Crippen LogP contribution in [0.25, 0.3) is 0 Å². The Balaban J connectivity index is 3.59. The first-order valence-electron chi connectivity index (χ1n) is 24.1. The fourth-order valence-corrected chi connectivity index (χ4v) is 6.65. The van der Waals surface area contributed by atoms with E-state index >= 15 is 0 Å². The second-order valence-electron chi connectivity index (χ2n) is 17.0. The van der Waals surface area contributed by atoms with Crippen LogP contribution in [-0.4, -0.2) is 25.2 Å². The highest BCUT2D eigenvalue weighted by atomic mass is 16.5. The van der Waals surface area contributed by atoms with Gasteiger partial charge in [-0.3, -0.25) is 9.59 Å². The van der Waals surface area contributed by atoms with Crippen molar-refractivity contribution in [1.29, 1.82) is 0 Å². The summed E-state index contributed by atoms with van der Waals surface area (Å²) in [6, 6.07) is 0. The van der Waals surface area contributed by atoms with Gasteiger partial charge in [0.2, 0.25) is 0 Å². The van der Waals surface area contributed by atoms with E-state index in [-0.39, 0.29) is 17.4 Å². The minimum Gasteiger partial charge on any atom is -0.466 e. The Kier molecular flexibility index (Phi) is 42.1. The second kappa shape index (κ2) is 44.3. The number of hydrogen-bond acceptors (Lipinski definition) is 4. The molecule has 0 aliphatic heterocycles. The summed E-state index contributed by atoms with van der Waals surface area (Å²) < 4.78 is 11.0. The third-order valence-corrected chi connectivity index (χ3v) is 10.7. The first-order chi connectivity index (χ1) is 27.9. The molecule has 4 heteroatoms. The van der Waals surface area contributed by atoms with Crippen LogP contribution in [0.4, 0.5) is 0 Å². The van der Waals surface area contributed by atoms with Gasteiger partial charge < -0.3 is 9.47 Å². The molecule has 0 fully saturated rings. The van der Waals surface area contributed by atoms with Gasteiger partial charge in [0.25, 0.3) is 0 Å². The summed E-state index contributed by atoms with van der Waals surface area (Å²) in [5.74, 6) is 24.7. The van der Waals surface area contributed by atoms with Crippen LogP contribution in [0.1, 0.15) is 259 Å². The lowest BCUT2D eigenvalue weighted by molar-refractivity contribution is -0.144. The molecule has 0 aromatic heterocycles. The Morgan fingerprint density at radius 1 is 0.368 bits per heavy atom. The van der Waals surface area contributed by atoms with Crippen molar-refractivity contribution in [3.05, 3.63) is 0 Å². The summed E-state index contributed by atoms with van der Waals surface area (Å²) in [6.45, 7) is 9.66. The highest BCUT2D eigenvalue weighted by Crippen LogP contribution is 2.25. The van der Waals surface area contributed by atoms with Gasteiger partial charge in [0, 0.05) is 38.5 Å². The van der Waals surface area contributed by atoms with Gasteiger partial charge in [-0.2, -0.15) is 0 Å². The predicted octanol–water partition coefficient (Wildman–Crippen LogP) is 15.2. The van der Waals surface area contributed by atoms with Gasteiger partial charge in [-0.05, 0) is 80.5 Å². The molecule has 0 radical (unpaired) electrons. The molecule has 0 aliphatic carbocycles. The first kappa shape index (κ1) is 54.2. The van der Waals surface area contributed by atoms with Crippen molar-refractivity contribution in [2.45, 2.75) is 259 Å². The van der Waals surface area contributed by atoms with Crippen molar-refractivity contribution in [3.63, 3.8) is 0 Å². The number of carbonyl (C=O) groups is 2. The molecule has 0 spiro atoms. The third kappa shape index (κ3) is 45.7. The SMILES string of the molecule is CCCCCCCCCCC#CC#CCCCCCCCCC(=O)OCCC(C)(C)CCOC(=O)CCCCCCCCC#CC#CCCCCCCCCCC. The molecule has 0 aromatic carbocycles. The molecular weight excluding hydrogens is 701 g/mol. The molecule has 0 heterocycles. The Morgan fingerprint density at radius 3 is 0.895 bits per heavy atom. The summed E-state index contributed by atoms with van der Waals surface area (Å²) in [7, 11) is 0. The topological polar surface area (TPSA) is 52.6 Å². The van der Waals surface area contributed by atoms with E-state index in [0.717, 1.165) is 89.9 Å². The third-order valence-electron chi connectivity index (χ3n) is 10.7. The van der Waals surface area contributed by atoms with Gasteiger partial charge in [-0.1, -0.05) is 193 Å². The van der Waals surface area contributed by atoms with Crippen LogP contribution in [0.15, 0.2) is 0 Å². The molecule has 0 saturated carbocycles. The molecule has 0 amide bonds. The van der Waals surface area contributed by atoms with E-state index in [0.29, 0.717) is 26.1 Å². The lowest BCUT2D eigenvalue weighted by Gasteiger charge is -2.24. The van der Waals surface area contributed by atoms with E-state index in [4.69, 9.17) is 9.47 Å². The molecule has 4 nitrogen and oxygen atoms in total. The maximum Gasteiger partial charge on any atom is 0.305 e. The number of rotatable bonds is 38. The van der Waals surface area contributed by atoms with E-state index in [1.54, 1.807) is 0 Å². The van der Waals surface area contributed by atoms with E-state index in [1.165, 1.54) is 128 Å². The number of carbonyl (C=O) groups excluding carboxylic acids is 2. The molecular formula is C53H88O4. The Hall–Kier alpha value is -2.82. The van der Waals surface area contributed by atoms with Crippen LogP contribution in [0.3, 0.4) is 0 Å². The van der Waals surface area contributed by atoms with Crippen LogP contribution < -0.4 is 0 Å².